The first-order valence-corrected chi connectivity index (χ1v) is 16.9. The molecule has 3 amide bonds. The van der Waals surface area contributed by atoms with E-state index in [-0.39, 0.29) is 24.2 Å². The summed E-state index contributed by atoms with van der Waals surface area (Å²) in [6, 6.07) is 8.96. The summed E-state index contributed by atoms with van der Waals surface area (Å²) in [5.74, 6) is 6.05. The third-order valence-corrected chi connectivity index (χ3v) is 8.36. The van der Waals surface area contributed by atoms with Crippen molar-refractivity contribution in [2.24, 2.45) is 0 Å². The highest BCUT2D eigenvalue weighted by atomic mass is 16.6. The van der Waals surface area contributed by atoms with E-state index >= 15 is 0 Å². The van der Waals surface area contributed by atoms with Gasteiger partial charge in [-0.2, -0.15) is 9.61 Å². The average molecular weight is 672 g/mol. The van der Waals surface area contributed by atoms with Crippen molar-refractivity contribution in [3.63, 3.8) is 0 Å². The van der Waals surface area contributed by atoms with E-state index in [0.29, 0.717) is 35.4 Å². The van der Waals surface area contributed by atoms with Crippen LogP contribution in [-0.4, -0.2) is 66.9 Å². The van der Waals surface area contributed by atoms with E-state index in [4.69, 9.17) is 19.6 Å². The Morgan fingerprint density at radius 2 is 1.76 bits per heavy atom. The number of nitrogens with zero attached hydrogens (tertiary/aromatic N) is 5. The van der Waals surface area contributed by atoms with Crippen LogP contribution < -0.4 is 15.5 Å². The van der Waals surface area contributed by atoms with E-state index in [1.54, 1.807) is 39.4 Å². The third-order valence-electron chi connectivity index (χ3n) is 8.36. The topological polar surface area (TPSA) is 130 Å². The molecule has 3 aromatic rings. The van der Waals surface area contributed by atoms with E-state index < -0.39 is 23.2 Å². The molecule has 1 saturated carbocycles. The molecule has 12 nitrogen and oxygen atoms in total. The van der Waals surface area contributed by atoms with Crippen molar-refractivity contribution >= 4 is 41.1 Å². The lowest BCUT2D eigenvalue weighted by Crippen LogP contribution is -2.57. The molecule has 3 heterocycles. The Bertz CT molecular complexity index is 1790. The molecule has 5 rings (SSSR count). The van der Waals surface area contributed by atoms with Gasteiger partial charge in [-0.05, 0) is 118 Å². The molecule has 49 heavy (non-hydrogen) atoms. The summed E-state index contributed by atoms with van der Waals surface area (Å²) in [5, 5.41) is 11.1. The quantitative estimate of drug-likeness (QED) is 0.255. The summed E-state index contributed by atoms with van der Waals surface area (Å²) in [5.41, 5.74) is 1.24. The van der Waals surface area contributed by atoms with Crippen molar-refractivity contribution < 1.29 is 23.9 Å². The second kappa shape index (κ2) is 13.6. The molecule has 12 heteroatoms. The highest BCUT2D eigenvalue weighted by molar-refractivity contribution is 6.03. The zero-order valence-corrected chi connectivity index (χ0v) is 30.1. The smallest absolute Gasteiger partial charge is 0.416 e. The molecule has 0 unspecified atom stereocenters. The number of nitrogens with one attached hydrogen (secondary N) is 2. The Balaban J connectivity index is 1.53. The molecular weight excluding hydrogens is 622 g/mol. The Morgan fingerprint density at radius 3 is 2.41 bits per heavy atom. The van der Waals surface area contributed by atoms with Gasteiger partial charge >= 0.3 is 12.2 Å². The van der Waals surface area contributed by atoms with Gasteiger partial charge in [-0.3, -0.25) is 9.69 Å². The lowest BCUT2D eigenvalue weighted by Gasteiger charge is -2.45. The summed E-state index contributed by atoms with van der Waals surface area (Å²) in [4.78, 5) is 47.8. The van der Waals surface area contributed by atoms with Crippen LogP contribution in [0, 0.1) is 11.8 Å². The van der Waals surface area contributed by atoms with E-state index in [2.05, 4.69) is 36.3 Å². The van der Waals surface area contributed by atoms with Gasteiger partial charge in [0.25, 0.3) is 5.91 Å². The van der Waals surface area contributed by atoms with Crippen LogP contribution in [-0.2, 0) is 20.8 Å². The number of aromatic nitrogens is 3. The second-order valence-corrected chi connectivity index (χ2v) is 15.5. The average Bonchev–Trinajstić information content (AvgIpc) is 3.73. The number of carbonyl (C=O) groups is 3. The van der Waals surface area contributed by atoms with Gasteiger partial charge < -0.3 is 25.0 Å². The minimum Gasteiger partial charge on any atom is -0.444 e. The summed E-state index contributed by atoms with van der Waals surface area (Å²) in [6.07, 6.45) is 4.59. The maximum atomic E-state index is 14.0. The molecule has 0 spiro atoms. The van der Waals surface area contributed by atoms with Crippen LogP contribution in [0.25, 0.3) is 5.65 Å². The standard InChI is InChI=1S/C37H49N7O5/c1-10-12-30(45)40-26-14-11-13-24(19-26)22-42(33(46)48-35(2,3)4)31-20-29(41-32-28(25-15-16-25)21-38-44(31)32)39-27-17-18-37(8,9)43(23-27)34(47)49-36(5,6)7/h11,13-14,19-21,25,27H,15-18,22-23H2,1-9H3,(H,39,41)(H,40,45)/t27-/m0/s1. The molecule has 1 aliphatic heterocycles. The van der Waals surface area contributed by atoms with Gasteiger partial charge in [0.05, 0.1) is 12.7 Å². The number of rotatable bonds is 7. The summed E-state index contributed by atoms with van der Waals surface area (Å²) >= 11 is 0. The van der Waals surface area contributed by atoms with Crippen molar-refractivity contribution in [3.05, 3.63) is 47.7 Å². The Morgan fingerprint density at radius 1 is 1.04 bits per heavy atom. The maximum Gasteiger partial charge on any atom is 0.416 e. The zero-order chi connectivity index (χ0) is 35.7. The lowest BCUT2D eigenvalue weighted by atomic mass is 9.88. The molecule has 1 saturated heterocycles. The minimum absolute atomic E-state index is 0.114. The normalized spacial score (nSPS) is 17.5. The van der Waals surface area contributed by atoms with E-state index in [9.17, 15) is 14.4 Å². The molecule has 1 aliphatic carbocycles. The van der Waals surface area contributed by atoms with Crippen LogP contribution >= 0.6 is 0 Å². The molecule has 1 atom stereocenters. The predicted molar refractivity (Wildman–Crippen MR) is 190 cm³/mol. The van der Waals surface area contributed by atoms with Gasteiger partial charge in [-0.1, -0.05) is 18.1 Å². The van der Waals surface area contributed by atoms with E-state index in [0.717, 1.165) is 36.8 Å². The molecule has 0 bridgehead atoms. The number of piperidine rings is 1. The maximum absolute atomic E-state index is 14.0. The van der Waals surface area contributed by atoms with Crippen LogP contribution in [0.2, 0.25) is 0 Å². The number of carbonyl (C=O) groups excluding carboxylic acids is 3. The van der Waals surface area contributed by atoms with Crippen molar-refractivity contribution in [1.29, 1.82) is 0 Å². The fraction of sp³-hybridized carbons (Fsp3) is 0.541. The molecule has 1 aromatic carbocycles. The molecule has 262 valence electrons. The first-order valence-electron chi connectivity index (χ1n) is 16.9. The van der Waals surface area contributed by atoms with Gasteiger partial charge in [-0.15, -0.1) is 0 Å². The molecule has 2 fully saturated rings. The fourth-order valence-corrected chi connectivity index (χ4v) is 5.86. The molecule has 2 N–H and O–H groups in total. The van der Waals surface area contributed by atoms with Gasteiger partial charge in [0.2, 0.25) is 0 Å². The summed E-state index contributed by atoms with van der Waals surface area (Å²) < 4.78 is 13.4. The Hall–Kier alpha value is -4.79. The SMILES string of the molecule is CC#CC(=O)Nc1cccc(CN(C(=O)OC(C)(C)C)c2cc(N[C@H]3CCC(C)(C)N(C(=O)OC(C)(C)C)C3)nc3c(C4CC4)cnn23)c1. The van der Waals surface area contributed by atoms with Crippen molar-refractivity contribution in [1.82, 2.24) is 19.5 Å². The molecular formula is C37H49N7O5. The van der Waals surface area contributed by atoms with Crippen molar-refractivity contribution in [3.8, 4) is 11.8 Å². The number of benzene rings is 1. The van der Waals surface area contributed by atoms with Gasteiger partial charge in [0.1, 0.15) is 22.8 Å². The number of amides is 3. The first kappa shape index (κ1) is 35.5. The monoisotopic (exact) mass is 671 g/mol. The van der Waals surface area contributed by atoms with Gasteiger partial charge in [0, 0.05) is 35.4 Å². The number of anilines is 3. The van der Waals surface area contributed by atoms with Crippen LogP contribution in [0.3, 0.4) is 0 Å². The van der Waals surface area contributed by atoms with E-state index in [1.807, 2.05) is 59.9 Å². The van der Waals surface area contributed by atoms with E-state index in [1.165, 1.54) is 0 Å². The van der Waals surface area contributed by atoms with Crippen molar-refractivity contribution in [2.45, 2.75) is 123 Å². The molecule has 2 aliphatic rings. The largest absolute Gasteiger partial charge is 0.444 e. The number of hydrogen-bond donors (Lipinski definition) is 2. The lowest BCUT2D eigenvalue weighted by molar-refractivity contribution is -0.111. The summed E-state index contributed by atoms with van der Waals surface area (Å²) in [6.45, 7) is 17.3. The minimum atomic E-state index is -0.763. The Kier molecular flexibility index (Phi) is 9.86. The molecule has 2 aromatic heterocycles. The number of ether oxygens (including phenoxy) is 2. The van der Waals surface area contributed by atoms with Gasteiger partial charge in [0.15, 0.2) is 5.65 Å². The first-order chi connectivity index (χ1) is 22.9. The highest BCUT2D eigenvalue weighted by Gasteiger charge is 2.40. The number of fused-ring (bicyclic) bond motifs is 1. The predicted octanol–water partition coefficient (Wildman–Crippen LogP) is 7.10. The van der Waals surface area contributed by atoms with Crippen LogP contribution in [0.1, 0.15) is 105 Å². The van der Waals surface area contributed by atoms with Crippen LogP contribution in [0.4, 0.5) is 26.9 Å². The highest BCUT2D eigenvalue weighted by Crippen LogP contribution is 2.42. The van der Waals surface area contributed by atoms with Crippen LogP contribution in [0.15, 0.2) is 36.5 Å². The fourth-order valence-electron chi connectivity index (χ4n) is 5.86. The van der Waals surface area contributed by atoms with Crippen molar-refractivity contribution in [2.75, 3.05) is 22.1 Å². The molecule has 0 radical (unpaired) electrons. The summed E-state index contributed by atoms with van der Waals surface area (Å²) in [7, 11) is 0. The zero-order valence-electron chi connectivity index (χ0n) is 30.1. The number of hydrogen-bond acceptors (Lipinski definition) is 8. The Labute approximate surface area is 288 Å². The number of likely N-dealkylation sites (tertiary alicyclic amines) is 1. The van der Waals surface area contributed by atoms with Crippen LogP contribution in [0.5, 0.6) is 0 Å². The third kappa shape index (κ3) is 9.02. The second-order valence-electron chi connectivity index (χ2n) is 15.5. The van der Waals surface area contributed by atoms with Gasteiger partial charge in [-0.25, -0.2) is 14.6 Å².